The second kappa shape index (κ2) is 51.5. The Bertz CT molecular complexity index is 3620. The van der Waals surface area contributed by atoms with Crippen LogP contribution in [0.5, 0.6) is 0 Å². The number of nitrogens with two attached hydrogens (primary N) is 1. The number of aliphatic hydroxyl groups is 1. The van der Waals surface area contributed by atoms with Crippen molar-refractivity contribution in [2.75, 3.05) is 6.54 Å². The van der Waals surface area contributed by atoms with Crippen molar-refractivity contribution in [1.29, 1.82) is 5.41 Å². The van der Waals surface area contributed by atoms with Gasteiger partial charge in [0.15, 0.2) is 5.96 Å². The predicted molar refractivity (Wildman–Crippen MR) is 420 cm³/mol. The first-order chi connectivity index (χ1) is 54.3. The van der Waals surface area contributed by atoms with Crippen molar-refractivity contribution in [3.8, 4) is 0 Å². The van der Waals surface area contributed by atoms with E-state index in [4.69, 9.17) is 11.1 Å². The Balaban J connectivity index is 2.63. The summed E-state index contributed by atoms with van der Waals surface area (Å²) in [5, 5.41) is 92.6. The molecule has 0 aliphatic carbocycles. The topological polar surface area (TPSA) is 638 Å². The quantitative estimate of drug-likeness (QED) is 0.0203. The van der Waals surface area contributed by atoms with Crippen LogP contribution >= 0.6 is 0 Å². The zero-order chi connectivity index (χ0) is 87.8. The molecule has 2 aromatic rings. The van der Waals surface area contributed by atoms with E-state index in [-0.39, 0.29) is 93.7 Å². The number of hydrogen-bond acceptors (Lipinski definition) is 20. The van der Waals surface area contributed by atoms with E-state index in [0.717, 1.165) is 13.8 Å². The molecule has 0 saturated heterocycles. The average Bonchev–Trinajstić information content (AvgIpc) is 1.04. The average molecular weight is 1640 g/mol. The normalized spacial score (nSPS) is 14.9. The summed E-state index contributed by atoms with van der Waals surface area (Å²) in [6.45, 7) is 20.7. The highest BCUT2D eigenvalue weighted by Crippen LogP contribution is 2.17. The van der Waals surface area contributed by atoms with Gasteiger partial charge in [0.1, 0.15) is 78.5 Å². The smallest absolute Gasteiger partial charge is 0.326 e. The second-order valence-electron chi connectivity index (χ2n) is 30.7. The summed E-state index contributed by atoms with van der Waals surface area (Å²) in [4.78, 5) is 239. The van der Waals surface area contributed by atoms with E-state index in [1.165, 1.54) is 26.4 Å². The Hall–Kier alpha value is -11.3. The van der Waals surface area contributed by atoms with Crippen LogP contribution in [0.15, 0.2) is 42.9 Å². The third-order valence-corrected chi connectivity index (χ3v) is 17.9. The van der Waals surface area contributed by atoms with Crippen molar-refractivity contribution in [2.45, 2.75) is 277 Å². The number of aromatic amines is 1. The zero-order valence-corrected chi connectivity index (χ0v) is 68.2. The Morgan fingerprint density at radius 2 is 0.776 bits per heavy atom. The standard InChI is InChI=1S/C76H122N18O22/c1-14-15-22-50(75(115)116)86-64(104)48(24-26-58(97)98)85-67(107)53(31-40(6)7)91-73(113)61(42(10)11)93-65(105)49(25-27-59(99)100)84-63(103)47(23-19-28-80-76(77)78)83-66(106)51(29-38(2)3)87-68(108)52(30-39(4)5)88-70(110)56(34-46-36-79-37-81-46)90-69(109)55(33-45-20-17-16-18-21-45)92-74(114)62(43(12)95)94-72(112)54(32-41(8)9)89-71(111)57(35-60(101)102)82-44(13)96/h16-18,20-21,36-43,47-57,61-62,95H,14-15,19,22-35H2,1-13H3,(H,79,81)(H,82,96)(H,83,106)(H,84,103)(H,85,107)(H,86,104)(H,87,108)(H,88,110)(H,89,111)(H,90,109)(H,91,113)(H,92,114)(H,93,105)(H,94,112)(H,97,98)(H,99,100)(H,101,102)(H,115,116)(H4,77,78,80)/t43-,47+,48+,49+,50+,51+,52+,53+,54+,55-,56+,57+,61+,62+/m1/s1. The van der Waals surface area contributed by atoms with Gasteiger partial charge < -0.3 is 111 Å². The molecule has 1 aromatic carbocycles. The Morgan fingerprint density at radius 3 is 1.16 bits per heavy atom. The third kappa shape index (κ3) is 39.1. The van der Waals surface area contributed by atoms with Crippen LogP contribution in [0.2, 0.25) is 0 Å². The van der Waals surface area contributed by atoms with Gasteiger partial charge in [0.25, 0.3) is 0 Å². The molecule has 40 heteroatoms. The molecule has 648 valence electrons. The lowest BCUT2D eigenvalue weighted by Gasteiger charge is -2.30. The molecule has 1 heterocycles. The zero-order valence-electron chi connectivity index (χ0n) is 68.2. The molecule has 13 amide bonds. The lowest BCUT2D eigenvalue weighted by molar-refractivity contribution is -0.143. The summed E-state index contributed by atoms with van der Waals surface area (Å²) in [5.74, 6) is -21.0. The van der Waals surface area contributed by atoms with Crippen LogP contribution in [0, 0.1) is 35.0 Å². The summed E-state index contributed by atoms with van der Waals surface area (Å²) in [6, 6.07) is -12.1. The van der Waals surface area contributed by atoms with Gasteiger partial charge in [-0.15, -0.1) is 0 Å². The highest BCUT2D eigenvalue weighted by Gasteiger charge is 2.40. The van der Waals surface area contributed by atoms with Crippen LogP contribution in [0.3, 0.4) is 0 Å². The van der Waals surface area contributed by atoms with E-state index in [1.807, 2.05) is 0 Å². The van der Waals surface area contributed by atoms with Crippen molar-refractivity contribution >= 4 is 107 Å². The number of imidazole rings is 1. The van der Waals surface area contributed by atoms with Gasteiger partial charge in [-0.3, -0.25) is 82.1 Å². The van der Waals surface area contributed by atoms with Crippen LogP contribution in [-0.4, -0.2) is 233 Å². The Kier molecular flexibility index (Phi) is 44.7. The van der Waals surface area contributed by atoms with Crippen molar-refractivity contribution in [2.24, 2.45) is 35.3 Å². The molecule has 0 aliphatic rings. The molecule has 0 radical (unpaired) electrons. The number of carboxylic acid groups (broad SMARTS) is 4. The lowest BCUT2D eigenvalue weighted by Crippen LogP contribution is -2.62. The van der Waals surface area contributed by atoms with Crippen molar-refractivity contribution in [3.05, 3.63) is 54.1 Å². The van der Waals surface area contributed by atoms with Crippen molar-refractivity contribution < 1.29 is 107 Å². The van der Waals surface area contributed by atoms with E-state index < -0.39 is 229 Å². The molecule has 0 fully saturated rings. The van der Waals surface area contributed by atoms with E-state index in [9.17, 15) is 107 Å². The highest BCUT2D eigenvalue weighted by molar-refractivity contribution is 6.01. The summed E-state index contributed by atoms with van der Waals surface area (Å²) in [7, 11) is 0. The third-order valence-electron chi connectivity index (χ3n) is 17.9. The molecule has 0 bridgehead atoms. The van der Waals surface area contributed by atoms with E-state index >= 15 is 0 Å². The first-order valence-electron chi connectivity index (χ1n) is 38.9. The number of carbonyl (C=O) groups excluding carboxylic acids is 13. The molecule has 0 aliphatic heterocycles. The lowest BCUT2D eigenvalue weighted by atomic mass is 9.98. The fraction of sp³-hybridized carbons (Fsp3) is 0.645. The van der Waals surface area contributed by atoms with Crippen LogP contribution in [0.4, 0.5) is 0 Å². The monoisotopic (exact) mass is 1640 g/mol. The number of hydrogen-bond donors (Lipinski definition) is 22. The fourth-order valence-corrected chi connectivity index (χ4v) is 12.0. The first-order valence-corrected chi connectivity index (χ1v) is 38.9. The number of aliphatic hydroxyl groups excluding tert-OH is 1. The van der Waals surface area contributed by atoms with Gasteiger partial charge in [-0.2, -0.15) is 0 Å². The molecular formula is C76H122N18O22. The number of nitrogens with zero attached hydrogens (tertiary/aromatic N) is 1. The number of aliphatic carboxylic acids is 4. The Morgan fingerprint density at radius 1 is 0.422 bits per heavy atom. The first kappa shape index (κ1) is 101. The number of guanidine groups is 1. The van der Waals surface area contributed by atoms with Gasteiger partial charge in [0.05, 0.1) is 24.5 Å². The number of aromatic nitrogens is 2. The van der Waals surface area contributed by atoms with E-state index in [2.05, 4.69) is 84.4 Å². The summed E-state index contributed by atoms with van der Waals surface area (Å²) in [6.07, 6.45) is -2.42. The molecule has 40 nitrogen and oxygen atoms in total. The minimum atomic E-state index is -1.83. The number of benzene rings is 1. The van der Waals surface area contributed by atoms with E-state index in [1.54, 1.807) is 92.6 Å². The van der Waals surface area contributed by atoms with Crippen molar-refractivity contribution in [1.82, 2.24) is 84.4 Å². The molecule has 0 spiro atoms. The summed E-state index contributed by atoms with van der Waals surface area (Å²) >= 11 is 0. The maximum absolute atomic E-state index is 14.9. The molecule has 1 aromatic heterocycles. The molecule has 23 N–H and O–H groups in total. The second-order valence-corrected chi connectivity index (χ2v) is 30.7. The molecule has 14 atom stereocenters. The number of rotatable bonds is 55. The number of nitrogens with one attached hydrogen (secondary N) is 16. The molecule has 0 unspecified atom stereocenters. The number of H-pyrrole nitrogens is 1. The van der Waals surface area contributed by atoms with Gasteiger partial charge >= 0.3 is 23.9 Å². The van der Waals surface area contributed by atoms with E-state index in [0.29, 0.717) is 18.4 Å². The molecule has 2 rings (SSSR count). The summed E-state index contributed by atoms with van der Waals surface area (Å²) in [5.41, 5.74) is 6.25. The number of carboxylic acids is 4. The Labute approximate surface area is 674 Å². The van der Waals surface area contributed by atoms with Gasteiger partial charge in [0.2, 0.25) is 76.8 Å². The maximum atomic E-state index is 14.9. The van der Waals surface area contributed by atoms with Gasteiger partial charge in [-0.1, -0.05) is 119 Å². The van der Waals surface area contributed by atoms with Gasteiger partial charge in [-0.05, 0) is 99.9 Å². The molecule has 116 heavy (non-hydrogen) atoms. The minimum absolute atomic E-state index is 0.00206. The van der Waals surface area contributed by atoms with Crippen LogP contribution in [0.1, 0.15) is 191 Å². The SMILES string of the molecule is CCCC[C@H](NC(=O)[C@H](CCC(=O)O)NC(=O)[C@H](CC(C)C)NC(=O)[C@@H](NC(=O)[C@H](CCC(=O)O)NC(=O)[C@H](CCCNC(=N)N)NC(=O)[C@H](CC(C)C)NC(=O)[C@H](CC(C)C)NC(=O)[C@H](Cc1c[nH]cn1)NC(=O)[C@@H](Cc1ccccc1)NC(=O)[C@@H](NC(=O)[C@H](CC(C)C)NC(=O)[C@H](CC(=O)O)NC(C)=O)[C@@H](C)O)C(C)C)C(=O)O. The molecule has 0 saturated carbocycles. The largest absolute Gasteiger partial charge is 0.481 e. The minimum Gasteiger partial charge on any atom is -0.481 e. The number of carbonyl (C=O) groups is 17. The predicted octanol–water partition coefficient (Wildman–Crippen LogP) is -1.52. The van der Waals surface area contributed by atoms with Crippen LogP contribution in [0.25, 0.3) is 0 Å². The number of amides is 13. The number of unbranched alkanes of at least 4 members (excludes halogenated alkanes) is 1. The molecular weight excluding hydrogens is 1520 g/mol. The summed E-state index contributed by atoms with van der Waals surface area (Å²) < 4.78 is 0. The van der Waals surface area contributed by atoms with Crippen LogP contribution in [-0.2, 0) is 94.3 Å². The fourth-order valence-electron chi connectivity index (χ4n) is 12.0. The maximum Gasteiger partial charge on any atom is 0.326 e. The van der Waals surface area contributed by atoms with Crippen molar-refractivity contribution in [3.63, 3.8) is 0 Å². The van der Waals surface area contributed by atoms with Crippen LogP contribution < -0.4 is 80.2 Å². The van der Waals surface area contributed by atoms with Gasteiger partial charge in [-0.25, -0.2) is 9.78 Å². The van der Waals surface area contributed by atoms with Gasteiger partial charge in [0, 0.05) is 45.3 Å². The highest BCUT2D eigenvalue weighted by atomic mass is 16.4.